The monoisotopic (exact) mass is 1060 g/mol. The van der Waals surface area contributed by atoms with E-state index in [1.165, 1.54) is 6.92 Å². The third-order valence-electron chi connectivity index (χ3n) is 15.0. The summed E-state index contributed by atoms with van der Waals surface area (Å²) in [6.07, 6.45) is 2.72. The summed E-state index contributed by atoms with van der Waals surface area (Å²) in [7, 11) is 3.82. The Hall–Kier alpha value is -5.85. The van der Waals surface area contributed by atoms with Crippen LogP contribution in [0.25, 0.3) is 0 Å². The highest BCUT2D eigenvalue weighted by Gasteiger charge is 2.44. The fourth-order valence-electron chi connectivity index (χ4n) is 10.1. The summed E-state index contributed by atoms with van der Waals surface area (Å²) in [6, 6.07) is 13.9. The number of hydrogen-bond donors (Lipinski definition) is 5. The molecule has 1 aliphatic rings. The Morgan fingerprint density at radius 2 is 1.53 bits per heavy atom. The van der Waals surface area contributed by atoms with Crippen molar-refractivity contribution in [1.29, 1.82) is 0 Å². The minimum Gasteiger partial charge on any atom is -0.481 e. The number of benzene rings is 2. The molecular weight excluding hydrogens is 977 g/mol. The molecule has 1 unspecified atom stereocenters. The smallest absolute Gasteiger partial charge is 0.306 e. The summed E-state index contributed by atoms with van der Waals surface area (Å²) < 4.78 is 6.32. The molecule has 3 amide bonds. The zero-order valence-electron chi connectivity index (χ0n) is 45.7. The number of Topliss-reactive ketones (excluding diaryl/α,β-unsaturated/α-hetero) is 2. The van der Waals surface area contributed by atoms with Crippen LogP contribution < -0.4 is 16.4 Å². The first-order valence-electron chi connectivity index (χ1n) is 26.6. The van der Waals surface area contributed by atoms with Gasteiger partial charge in [-0.1, -0.05) is 109 Å². The van der Waals surface area contributed by atoms with Crippen molar-refractivity contribution in [2.75, 3.05) is 20.6 Å². The number of rotatable bonds is 30. The SMILES string of the molecule is CC[C@H](C)[C@H](CC(=O)[C@H]1CCCC[N+]1(C)Cc1ccc(CC(=O)[C@H](CCC(=O)O)NC(=O)[C@@H](N)C(C)C)cc1)C(=O)N(C)[C@H](C[C@@H](OC(C)=O)c1nc(C(=O)N[C@@H](Cc2ccccc2)C[C@H](C)C(=O)O)cs1)C(C)C. The van der Waals surface area contributed by atoms with Gasteiger partial charge in [-0.2, -0.15) is 0 Å². The molecule has 4 rings (SSSR count). The molecular formula is C57H83N6O11S+. The minimum atomic E-state index is -1.08. The van der Waals surface area contributed by atoms with E-state index in [1.807, 2.05) is 82.3 Å². The molecule has 0 bridgehead atoms. The van der Waals surface area contributed by atoms with Gasteiger partial charge in [-0.05, 0) is 61.0 Å². The lowest BCUT2D eigenvalue weighted by Crippen LogP contribution is -2.58. The van der Waals surface area contributed by atoms with E-state index in [4.69, 9.17) is 10.5 Å². The number of aliphatic carboxylic acids is 2. The Bertz CT molecular complexity index is 2410. The summed E-state index contributed by atoms with van der Waals surface area (Å²) >= 11 is 1.16. The zero-order valence-corrected chi connectivity index (χ0v) is 46.5. The third-order valence-corrected chi connectivity index (χ3v) is 16.0. The van der Waals surface area contributed by atoms with Crippen LogP contribution in [0.1, 0.15) is 151 Å². The predicted octanol–water partition coefficient (Wildman–Crippen LogP) is 7.34. The first kappa shape index (κ1) is 61.7. The molecule has 2 aromatic carbocycles. The molecule has 17 nitrogen and oxygen atoms in total. The molecule has 10 atom stereocenters. The second-order valence-electron chi connectivity index (χ2n) is 21.8. The number of likely N-dealkylation sites (tertiary alicyclic amines) is 1. The predicted molar refractivity (Wildman–Crippen MR) is 287 cm³/mol. The summed E-state index contributed by atoms with van der Waals surface area (Å²) in [6.45, 7) is 15.7. The van der Waals surface area contributed by atoms with Crippen LogP contribution in [0.4, 0.5) is 0 Å². The number of carboxylic acids is 2. The molecule has 0 spiro atoms. The highest BCUT2D eigenvalue weighted by atomic mass is 32.1. The topological polar surface area (TPSA) is 252 Å². The van der Waals surface area contributed by atoms with Crippen LogP contribution in [0.2, 0.25) is 0 Å². The maximum Gasteiger partial charge on any atom is 0.306 e. The molecule has 0 saturated carbocycles. The summed E-state index contributed by atoms with van der Waals surface area (Å²) in [5.41, 5.74) is 8.72. The van der Waals surface area contributed by atoms with Gasteiger partial charge in [0.05, 0.1) is 31.6 Å². The number of esters is 1. The molecule has 0 radical (unpaired) electrons. The van der Waals surface area contributed by atoms with Crippen LogP contribution in [0.5, 0.6) is 0 Å². The number of quaternary nitrogens is 1. The molecule has 0 aliphatic carbocycles. The average molecular weight is 1060 g/mol. The van der Waals surface area contributed by atoms with Gasteiger partial charge >= 0.3 is 17.9 Å². The number of carbonyl (C=O) groups excluding carboxylic acids is 6. The van der Waals surface area contributed by atoms with Crippen molar-refractivity contribution in [2.45, 2.75) is 169 Å². The maximum atomic E-state index is 14.9. The fourth-order valence-corrected chi connectivity index (χ4v) is 11.0. The van der Waals surface area contributed by atoms with Crippen molar-refractivity contribution >= 4 is 58.5 Å². The molecule has 1 aromatic heterocycles. The largest absolute Gasteiger partial charge is 0.481 e. The van der Waals surface area contributed by atoms with E-state index < -0.39 is 71.8 Å². The number of aromatic nitrogens is 1. The number of hydrogen-bond acceptors (Lipinski definition) is 12. The van der Waals surface area contributed by atoms with E-state index in [-0.39, 0.29) is 85.5 Å². The normalized spacial score (nSPS) is 18.9. The zero-order chi connectivity index (χ0) is 55.7. The van der Waals surface area contributed by atoms with E-state index in [2.05, 4.69) is 22.7 Å². The third kappa shape index (κ3) is 18.4. The van der Waals surface area contributed by atoms with Crippen LogP contribution in [0.15, 0.2) is 60.0 Å². The number of ether oxygens (including phenoxy) is 1. The Labute approximate surface area is 447 Å². The summed E-state index contributed by atoms with van der Waals surface area (Å²) in [5, 5.41) is 26.6. The van der Waals surface area contributed by atoms with Crippen LogP contribution >= 0.6 is 11.3 Å². The van der Waals surface area contributed by atoms with E-state index in [0.717, 1.165) is 41.9 Å². The van der Waals surface area contributed by atoms with Gasteiger partial charge in [0.15, 0.2) is 17.7 Å². The Morgan fingerprint density at radius 1 is 0.880 bits per heavy atom. The van der Waals surface area contributed by atoms with Gasteiger partial charge in [0.2, 0.25) is 11.8 Å². The van der Waals surface area contributed by atoms with E-state index >= 15 is 0 Å². The van der Waals surface area contributed by atoms with Crippen molar-refractivity contribution in [3.05, 3.63) is 87.4 Å². The Kier molecular flexibility index (Phi) is 23.8. The molecule has 1 aliphatic heterocycles. The number of piperidine rings is 1. The molecule has 18 heteroatoms. The van der Waals surface area contributed by atoms with Crippen molar-refractivity contribution in [2.24, 2.45) is 35.3 Å². The van der Waals surface area contributed by atoms with Crippen LogP contribution in [0, 0.1) is 29.6 Å². The number of carbonyl (C=O) groups is 8. The summed E-state index contributed by atoms with van der Waals surface area (Å²) in [5.74, 6) is -5.82. The number of thiazole rings is 1. The first-order valence-corrected chi connectivity index (χ1v) is 27.4. The summed E-state index contributed by atoms with van der Waals surface area (Å²) in [4.78, 5) is 112. The standard InChI is InChI=1S/C57H82N6O11S/c1-11-36(6)43(30-49(66)47-19-15-16-26-63(47,10)32-41-22-20-40(21-23-41)29-48(65)44(24-25-51(67)68)60-54(70)52(58)35(4)5)56(71)62(9)46(34(2)3)31-50(74-38(8)64)55-61-45(33-75-55)53(69)59-42(27-37(7)57(72)73)28-39-17-13-12-14-18-39/h12-14,17-18,20-23,33-37,42-44,46-47,50,52H,11,15-16,19,24-32,58H2,1-10H3,(H3-,59,60,67,68,69,70,72,73)/p+1/t36-,37-,42+,43-,44-,46+,47+,50+,52-,63?/m0/s1. The fraction of sp³-hybridized carbons (Fsp3) is 0.596. The molecule has 1 fully saturated rings. The van der Waals surface area contributed by atoms with Crippen molar-refractivity contribution in [3.63, 3.8) is 0 Å². The average Bonchev–Trinajstić information content (AvgIpc) is 3.86. The van der Waals surface area contributed by atoms with Gasteiger partial charge < -0.3 is 40.7 Å². The van der Waals surface area contributed by atoms with Crippen LogP contribution in [0.3, 0.4) is 0 Å². The lowest BCUT2D eigenvalue weighted by molar-refractivity contribution is -0.941. The number of amides is 3. The molecule has 3 aromatic rings. The van der Waals surface area contributed by atoms with Gasteiger partial charge in [-0.3, -0.25) is 38.4 Å². The van der Waals surface area contributed by atoms with Crippen molar-refractivity contribution in [1.82, 2.24) is 20.5 Å². The number of ketones is 2. The second kappa shape index (κ2) is 28.9. The highest BCUT2D eigenvalue weighted by Crippen LogP contribution is 2.35. The van der Waals surface area contributed by atoms with Gasteiger partial charge in [0.25, 0.3) is 5.91 Å². The number of nitrogens with two attached hydrogens (primary N) is 1. The molecule has 2 heterocycles. The van der Waals surface area contributed by atoms with Gasteiger partial charge in [0.1, 0.15) is 23.3 Å². The lowest BCUT2D eigenvalue weighted by Gasteiger charge is -2.44. The van der Waals surface area contributed by atoms with E-state index in [9.17, 15) is 48.6 Å². The van der Waals surface area contributed by atoms with Crippen molar-refractivity contribution < 1.29 is 57.8 Å². The quantitative estimate of drug-likeness (QED) is 0.0324. The number of nitrogens with one attached hydrogen (secondary N) is 2. The molecule has 75 heavy (non-hydrogen) atoms. The second-order valence-corrected chi connectivity index (χ2v) is 22.6. The van der Waals surface area contributed by atoms with E-state index in [0.29, 0.717) is 40.9 Å². The number of nitrogens with zero attached hydrogens (tertiary/aromatic N) is 3. The van der Waals surface area contributed by atoms with Gasteiger partial charge in [0, 0.05) is 75.0 Å². The highest BCUT2D eigenvalue weighted by molar-refractivity contribution is 7.09. The number of carboxylic acid groups (broad SMARTS) is 2. The van der Waals surface area contributed by atoms with Gasteiger partial charge in [-0.25, -0.2) is 4.98 Å². The molecule has 1 saturated heterocycles. The Balaban J connectivity index is 1.49. The van der Waals surface area contributed by atoms with Crippen LogP contribution in [-0.2, 0) is 57.7 Å². The number of likely N-dealkylation sites (N-methyl/N-ethyl adjacent to an activating group) is 1. The molecule has 6 N–H and O–H groups in total. The minimum absolute atomic E-state index is 0.0182. The first-order chi connectivity index (χ1) is 35.3. The van der Waals surface area contributed by atoms with Gasteiger partial charge in [-0.15, -0.1) is 11.3 Å². The van der Waals surface area contributed by atoms with E-state index in [1.54, 1.807) is 38.1 Å². The van der Waals surface area contributed by atoms with Crippen molar-refractivity contribution in [3.8, 4) is 0 Å². The maximum absolute atomic E-state index is 14.9. The molecule has 412 valence electrons. The van der Waals surface area contributed by atoms with Crippen LogP contribution in [-0.4, -0.2) is 123 Å². The Morgan fingerprint density at radius 3 is 2.12 bits per heavy atom. The lowest BCUT2D eigenvalue weighted by atomic mass is 9.82.